The number of benzene rings is 2. The maximum atomic E-state index is 11.9. The lowest BCUT2D eigenvalue weighted by molar-refractivity contribution is 0.136. The Bertz CT molecular complexity index is 1180. The summed E-state index contributed by atoms with van der Waals surface area (Å²) in [5, 5.41) is 12.8. The first-order chi connectivity index (χ1) is 13.1. The molecule has 0 aliphatic rings. The molecule has 1 N–H and O–H groups in total. The van der Waals surface area contributed by atoms with Crippen molar-refractivity contribution in [3.05, 3.63) is 71.1 Å². The van der Waals surface area contributed by atoms with Crippen molar-refractivity contribution in [2.24, 2.45) is 0 Å². The Morgan fingerprint density at radius 2 is 1.78 bits per heavy atom. The maximum Gasteiger partial charge on any atom is 0.250 e. The van der Waals surface area contributed by atoms with Gasteiger partial charge in [-0.05, 0) is 18.2 Å². The van der Waals surface area contributed by atoms with Gasteiger partial charge in [0.25, 0.3) is 5.56 Å². The first-order valence-corrected chi connectivity index (χ1v) is 9.01. The summed E-state index contributed by atoms with van der Waals surface area (Å²) in [6, 6.07) is 17.1. The summed E-state index contributed by atoms with van der Waals surface area (Å²) in [6.45, 7) is 2.65. The number of hydrogen-bond acceptors (Lipinski definition) is 2. The van der Waals surface area contributed by atoms with Crippen LogP contribution in [0.25, 0.3) is 21.8 Å². The van der Waals surface area contributed by atoms with E-state index in [1.165, 1.54) is 10.6 Å². The second-order valence-corrected chi connectivity index (χ2v) is 6.80. The fourth-order valence-electron chi connectivity index (χ4n) is 3.62. The largest absolute Gasteiger partial charge is 0.389 e. The van der Waals surface area contributed by atoms with Crippen LogP contribution in [0.2, 0.25) is 6.82 Å². The molecule has 4 rings (SSSR count). The Labute approximate surface area is 159 Å². The number of pyridine rings is 1. The minimum absolute atomic E-state index is 0.116. The van der Waals surface area contributed by atoms with Crippen molar-refractivity contribution in [2.45, 2.75) is 26.0 Å². The van der Waals surface area contributed by atoms with E-state index >= 15 is 0 Å². The molecule has 1 atom stereocenters. The molecule has 0 bridgehead atoms. The van der Waals surface area contributed by atoms with Crippen LogP contribution in [0.15, 0.2) is 65.6 Å². The minimum Gasteiger partial charge on any atom is -0.389 e. The molecule has 4 nitrogen and oxygen atoms in total. The average molecular weight is 353 g/mol. The normalized spacial score (nSPS) is 12.5. The molecule has 0 saturated carbocycles. The summed E-state index contributed by atoms with van der Waals surface area (Å²) < 4.78 is 3.63. The number of aliphatic hydroxyl groups excluding tert-OH is 1. The van der Waals surface area contributed by atoms with Crippen LogP contribution in [-0.4, -0.2) is 35.5 Å². The fourth-order valence-corrected chi connectivity index (χ4v) is 3.62. The van der Waals surface area contributed by atoms with Crippen molar-refractivity contribution < 1.29 is 5.11 Å². The average Bonchev–Trinajstić information content (AvgIpc) is 2.96. The molecule has 0 saturated heterocycles. The van der Waals surface area contributed by atoms with Crippen LogP contribution >= 0.6 is 0 Å². The van der Waals surface area contributed by atoms with Gasteiger partial charge in [0.2, 0.25) is 0 Å². The summed E-state index contributed by atoms with van der Waals surface area (Å²) in [5.41, 5.74) is 3.80. The van der Waals surface area contributed by atoms with Crippen LogP contribution in [-0.2, 0) is 13.1 Å². The molecule has 27 heavy (non-hydrogen) atoms. The molecule has 0 spiro atoms. The molecule has 2 aromatic heterocycles. The van der Waals surface area contributed by atoms with Crippen LogP contribution in [0, 0.1) is 0 Å². The molecule has 6 heteroatoms. The number of nitrogens with zero attached hydrogens (tertiary/aromatic N) is 2. The van der Waals surface area contributed by atoms with Crippen LogP contribution in [0.1, 0.15) is 0 Å². The second kappa shape index (κ2) is 7.12. The van der Waals surface area contributed by atoms with E-state index in [0.717, 1.165) is 27.3 Å². The zero-order valence-electron chi connectivity index (χ0n) is 15.2. The van der Waals surface area contributed by atoms with Crippen LogP contribution < -0.4 is 16.5 Å². The maximum absolute atomic E-state index is 11.9. The van der Waals surface area contributed by atoms with E-state index in [9.17, 15) is 9.90 Å². The van der Waals surface area contributed by atoms with Gasteiger partial charge in [0.05, 0.1) is 19.2 Å². The third-order valence-electron chi connectivity index (χ3n) is 4.95. The lowest BCUT2D eigenvalue weighted by atomic mass is 9.73. The molecule has 0 fully saturated rings. The van der Waals surface area contributed by atoms with Gasteiger partial charge in [-0.15, -0.1) is 0 Å². The van der Waals surface area contributed by atoms with Gasteiger partial charge in [-0.3, -0.25) is 4.79 Å². The van der Waals surface area contributed by atoms with Crippen molar-refractivity contribution in [3.8, 4) is 0 Å². The summed E-state index contributed by atoms with van der Waals surface area (Å²) in [5.74, 6) is 0. The smallest absolute Gasteiger partial charge is 0.250 e. The van der Waals surface area contributed by atoms with Crippen molar-refractivity contribution >= 4 is 47.9 Å². The highest BCUT2D eigenvalue weighted by atomic mass is 16.3. The topological polar surface area (TPSA) is 47.2 Å². The minimum atomic E-state index is -0.695. The van der Waals surface area contributed by atoms with Gasteiger partial charge in [0.15, 0.2) is 0 Å². The molecule has 131 valence electrons. The molecule has 4 aromatic rings. The molecule has 0 amide bonds. The van der Waals surface area contributed by atoms with E-state index in [1.54, 1.807) is 18.3 Å². The van der Waals surface area contributed by atoms with Gasteiger partial charge in [-0.2, -0.15) is 0 Å². The van der Waals surface area contributed by atoms with Gasteiger partial charge < -0.3 is 14.2 Å². The van der Waals surface area contributed by atoms with E-state index in [2.05, 4.69) is 30.0 Å². The van der Waals surface area contributed by atoms with Crippen molar-refractivity contribution in [1.29, 1.82) is 0 Å². The highest BCUT2D eigenvalue weighted by molar-refractivity contribution is 6.52. The predicted octanol–water partition coefficient (Wildman–Crippen LogP) is 1.19. The first kappa shape index (κ1) is 17.7. The van der Waals surface area contributed by atoms with Crippen molar-refractivity contribution in [2.75, 3.05) is 0 Å². The van der Waals surface area contributed by atoms with Crippen molar-refractivity contribution in [3.63, 3.8) is 0 Å². The Morgan fingerprint density at radius 3 is 2.52 bits per heavy atom. The SMILES string of the molecule is [B]c1ccc2c(c1)c1cc([B]C)ccc1n2CC(O)Cn1ccccc1=O. The standard InChI is InChI=1S/C21H19B2N2O2/c1-23-15-6-8-20-18(11-15)17-10-14(22)5-7-19(17)25(20)13-16(26)12-24-9-3-2-4-21(24)27/h2-11,16,26H,12-13H2,1H3. The predicted molar refractivity (Wildman–Crippen MR) is 113 cm³/mol. The number of fused-ring (bicyclic) bond motifs is 3. The van der Waals surface area contributed by atoms with E-state index in [0.29, 0.717) is 12.0 Å². The third-order valence-corrected chi connectivity index (χ3v) is 4.95. The van der Waals surface area contributed by atoms with Crippen LogP contribution in [0.5, 0.6) is 0 Å². The Hall–Kier alpha value is -2.72. The zero-order valence-corrected chi connectivity index (χ0v) is 15.2. The number of aromatic nitrogens is 2. The highest BCUT2D eigenvalue weighted by Crippen LogP contribution is 2.28. The van der Waals surface area contributed by atoms with Crippen LogP contribution in [0.3, 0.4) is 0 Å². The van der Waals surface area contributed by atoms with Gasteiger partial charge in [0.1, 0.15) is 15.1 Å². The van der Waals surface area contributed by atoms with Gasteiger partial charge >= 0.3 is 0 Å². The lowest BCUT2D eigenvalue weighted by Gasteiger charge is -2.15. The summed E-state index contributed by atoms with van der Waals surface area (Å²) in [4.78, 5) is 11.9. The Balaban J connectivity index is 1.78. The van der Waals surface area contributed by atoms with E-state index in [4.69, 9.17) is 7.85 Å². The van der Waals surface area contributed by atoms with Gasteiger partial charge in [-0.25, -0.2) is 0 Å². The van der Waals surface area contributed by atoms with Crippen molar-refractivity contribution in [1.82, 2.24) is 9.13 Å². The van der Waals surface area contributed by atoms with E-state index in [1.807, 2.05) is 25.0 Å². The molecular formula is C21H19B2N2O2. The van der Waals surface area contributed by atoms with Gasteiger partial charge in [0, 0.05) is 34.1 Å². The zero-order chi connectivity index (χ0) is 19.0. The van der Waals surface area contributed by atoms with E-state index < -0.39 is 6.10 Å². The number of aliphatic hydroxyl groups is 1. The molecule has 0 aliphatic carbocycles. The molecule has 3 radical (unpaired) electrons. The van der Waals surface area contributed by atoms with Gasteiger partial charge in [-0.1, -0.05) is 48.1 Å². The summed E-state index contributed by atoms with van der Waals surface area (Å²) >= 11 is 0. The molecule has 2 heterocycles. The van der Waals surface area contributed by atoms with Crippen LogP contribution in [0.4, 0.5) is 0 Å². The first-order valence-electron chi connectivity index (χ1n) is 9.01. The summed E-state index contributed by atoms with van der Waals surface area (Å²) in [7, 11) is 8.07. The number of rotatable bonds is 5. The van der Waals surface area contributed by atoms with E-state index in [-0.39, 0.29) is 12.1 Å². The Morgan fingerprint density at radius 1 is 1.04 bits per heavy atom. The monoisotopic (exact) mass is 353 g/mol. The summed E-state index contributed by atoms with van der Waals surface area (Å²) in [6.07, 6.45) is 1.00. The second-order valence-electron chi connectivity index (χ2n) is 6.80. The molecule has 0 aliphatic heterocycles. The molecule has 2 aromatic carbocycles. The Kier molecular flexibility index (Phi) is 4.66. The fraction of sp³-hybridized carbons (Fsp3) is 0.190. The molecular weight excluding hydrogens is 334 g/mol. The quantitative estimate of drug-likeness (QED) is 0.548. The molecule has 1 unspecified atom stereocenters. The third kappa shape index (κ3) is 3.33. The number of hydrogen-bond donors (Lipinski definition) is 1. The lowest BCUT2D eigenvalue weighted by Crippen LogP contribution is -2.28. The highest BCUT2D eigenvalue weighted by Gasteiger charge is 2.15.